The highest BCUT2D eigenvalue weighted by Gasteiger charge is 2.55. The molecule has 0 bridgehead atoms. The maximum absolute atomic E-state index is 10.4. The molecular formula is C8H9BrO. The Morgan fingerprint density at radius 3 is 2.70 bits per heavy atom. The van der Waals surface area contributed by atoms with Gasteiger partial charge in [-0.25, -0.2) is 0 Å². The van der Waals surface area contributed by atoms with Crippen molar-refractivity contribution in [2.45, 2.75) is 19.8 Å². The SMILES string of the molecule is CC12CC[C@@H]1C(C=O)=C2Br. The molecule has 0 saturated heterocycles. The van der Waals surface area contributed by atoms with Gasteiger partial charge in [0.2, 0.25) is 0 Å². The highest BCUT2D eigenvalue weighted by atomic mass is 79.9. The van der Waals surface area contributed by atoms with E-state index in [1.54, 1.807) is 0 Å². The molecule has 0 aromatic heterocycles. The van der Waals surface area contributed by atoms with Gasteiger partial charge in [0.15, 0.2) is 0 Å². The number of carbonyl (C=O) groups excluding carboxylic acids is 1. The fraction of sp³-hybridized carbons (Fsp3) is 0.625. The molecule has 1 fully saturated rings. The monoisotopic (exact) mass is 200 g/mol. The number of fused-ring (bicyclic) bond motifs is 1. The van der Waals surface area contributed by atoms with Crippen molar-refractivity contribution in [1.29, 1.82) is 0 Å². The maximum atomic E-state index is 10.4. The number of hydrogen-bond donors (Lipinski definition) is 0. The van der Waals surface area contributed by atoms with Crippen molar-refractivity contribution in [3.05, 3.63) is 10.1 Å². The van der Waals surface area contributed by atoms with Crippen LogP contribution >= 0.6 is 15.9 Å². The number of halogens is 1. The Kier molecular flexibility index (Phi) is 1.14. The fourth-order valence-corrected chi connectivity index (χ4v) is 2.87. The molecule has 2 aliphatic rings. The molecular weight excluding hydrogens is 192 g/mol. The third kappa shape index (κ3) is 0.482. The average Bonchev–Trinajstić information content (AvgIpc) is 1.95. The lowest BCUT2D eigenvalue weighted by Crippen LogP contribution is -2.48. The van der Waals surface area contributed by atoms with Crippen molar-refractivity contribution in [2.24, 2.45) is 11.3 Å². The molecule has 0 N–H and O–H groups in total. The average molecular weight is 201 g/mol. The standard InChI is InChI=1S/C8H9BrO/c1-8-3-2-6(8)5(4-10)7(8)9/h4,6H,2-3H2,1H3/t6-,8?/m1/s1. The summed E-state index contributed by atoms with van der Waals surface area (Å²) in [5.41, 5.74) is 1.37. The summed E-state index contributed by atoms with van der Waals surface area (Å²) >= 11 is 3.45. The van der Waals surface area contributed by atoms with E-state index in [0.29, 0.717) is 11.3 Å². The third-order valence-corrected chi connectivity index (χ3v) is 4.34. The largest absolute Gasteiger partial charge is 0.298 e. The molecule has 2 aliphatic carbocycles. The van der Waals surface area contributed by atoms with E-state index in [9.17, 15) is 4.79 Å². The van der Waals surface area contributed by atoms with Crippen LogP contribution in [0.25, 0.3) is 0 Å². The van der Waals surface area contributed by atoms with Gasteiger partial charge in [0.25, 0.3) is 0 Å². The normalized spacial score (nSPS) is 43.6. The molecule has 0 spiro atoms. The van der Waals surface area contributed by atoms with Crippen molar-refractivity contribution in [2.75, 3.05) is 0 Å². The zero-order valence-corrected chi connectivity index (χ0v) is 7.44. The summed E-state index contributed by atoms with van der Waals surface area (Å²) in [7, 11) is 0. The molecule has 10 heavy (non-hydrogen) atoms. The minimum Gasteiger partial charge on any atom is -0.298 e. The first-order chi connectivity index (χ1) is 4.70. The summed E-state index contributed by atoms with van der Waals surface area (Å²) in [5, 5.41) is 0. The van der Waals surface area contributed by atoms with Crippen LogP contribution in [-0.2, 0) is 4.79 Å². The highest BCUT2D eigenvalue weighted by Crippen LogP contribution is 2.65. The van der Waals surface area contributed by atoms with Crippen LogP contribution in [0.15, 0.2) is 10.1 Å². The van der Waals surface area contributed by atoms with Crippen LogP contribution in [0.5, 0.6) is 0 Å². The number of allylic oxidation sites excluding steroid dienone is 2. The molecule has 0 amide bonds. The van der Waals surface area contributed by atoms with E-state index >= 15 is 0 Å². The van der Waals surface area contributed by atoms with Crippen molar-refractivity contribution in [1.82, 2.24) is 0 Å². The van der Waals surface area contributed by atoms with E-state index in [2.05, 4.69) is 22.9 Å². The first kappa shape index (κ1) is 6.59. The third-order valence-electron chi connectivity index (χ3n) is 2.98. The van der Waals surface area contributed by atoms with Crippen LogP contribution in [0.2, 0.25) is 0 Å². The second-order valence-corrected chi connectivity index (χ2v) is 4.19. The lowest BCUT2D eigenvalue weighted by Gasteiger charge is -2.56. The summed E-state index contributed by atoms with van der Waals surface area (Å²) in [6, 6.07) is 0. The van der Waals surface area contributed by atoms with E-state index in [0.717, 1.165) is 16.3 Å². The quantitative estimate of drug-likeness (QED) is 0.594. The zero-order chi connectivity index (χ0) is 7.35. The number of carbonyl (C=O) groups is 1. The second kappa shape index (κ2) is 1.73. The second-order valence-electron chi connectivity index (χ2n) is 3.40. The lowest BCUT2D eigenvalue weighted by molar-refractivity contribution is -0.107. The number of hydrogen-bond acceptors (Lipinski definition) is 1. The van der Waals surface area contributed by atoms with Gasteiger partial charge in [-0.2, -0.15) is 0 Å². The molecule has 54 valence electrons. The molecule has 0 heterocycles. The van der Waals surface area contributed by atoms with Gasteiger partial charge in [0.1, 0.15) is 6.29 Å². The molecule has 2 atom stereocenters. The minimum atomic E-state index is 0.357. The van der Waals surface area contributed by atoms with E-state index in [-0.39, 0.29) is 0 Å². The van der Waals surface area contributed by atoms with Gasteiger partial charge in [0.05, 0.1) is 0 Å². The fourth-order valence-electron chi connectivity index (χ4n) is 2.02. The Hall–Kier alpha value is -0.110. The van der Waals surface area contributed by atoms with Crippen LogP contribution in [0.3, 0.4) is 0 Å². The molecule has 1 unspecified atom stereocenters. The van der Waals surface area contributed by atoms with Gasteiger partial charge in [-0.3, -0.25) is 4.79 Å². The highest BCUT2D eigenvalue weighted by molar-refractivity contribution is 9.11. The van der Waals surface area contributed by atoms with E-state index < -0.39 is 0 Å². The molecule has 1 saturated carbocycles. The number of aldehydes is 1. The Bertz CT molecular complexity index is 231. The zero-order valence-electron chi connectivity index (χ0n) is 5.86. The van der Waals surface area contributed by atoms with Gasteiger partial charge < -0.3 is 0 Å². The molecule has 0 aliphatic heterocycles. The smallest absolute Gasteiger partial charge is 0.147 e. The van der Waals surface area contributed by atoms with Gasteiger partial charge >= 0.3 is 0 Å². The van der Waals surface area contributed by atoms with Crippen molar-refractivity contribution < 1.29 is 4.79 Å². The van der Waals surface area contributed by atoms with Crippen molar-refractivity contribution in [3.8, 4) is 0 Å². The van der Waals surface area contributed by atoms with Gasteiger partial charge in [0, 0.05) is 15.5 Å². The summed E-state index contributed by atoms with van der Waals surface area (Å²) in [6.07, 6.45) is 3.45. The van der Waals surface area contributed by atoms with Crippen LogP contribution in [0.1, 0.15) is 19.8 Å². The van der Waals surface area contributed by atoms with Crippen LogP contribution in [-0.4, -0.2) is 6.29 Å². The van der Waals surface area contributed by atoms with E-state index in [1.165, 1.54) is 12.8 Å². The number of rotatable bonds is 1. The van der Waals surface area contributed by atoms with Gasteiger partial charge in [-0.05, 0) is 18.8 Å². The van der Waals surface area contributed by atoms with E-state index in [1.807, 2.05) is 0 Å². The van der Waals surface area contributed by atoms with Crippen LogP contribution < -0.4 is 0 Å². The summed E-state index contributed by atoms with van der Waals surface area (Å²) < 4.78 is 1.16. The Labute approximate surface area is 68.6 Å². The summed E-state index contributed by atoms with van der Waals surface area (Å²) in [6.45, 7) is 2.22. The lowest BCUT2D eigenvalue weighted by atomic mass is 9.51. The molecule has 2 rings (SSSR count). The maximum Gasteiger partial charge on any atom is 0.147 e. The molecule has 0 aromatic rings. The van der Waals surface area contributed by atoms with Crippen molar-refractivity contribution >= 4 is 22.2 Å². The molecule has 2 heteroatoms. The first-order valence-corrected chi connectivity index (χ1v) is 4.35. The Morgan fingerprint density at radius 1 is 1.80 bits per heavy atom. The summed E-state index contributed by atoms with van der Waals surface area (Å²) in [5.74, 6) is 0.583. The topological polar surface area (TPSA) is 17.1 Å². The van der Waals surface area contributed by atoms with Gasteiger partial charge in [-0.15, -0.1) is 0 Å². The summed E-state index contributed by atoms with van der Waals surface area (Å²) in [4.78, 5) is 10.4. The van der Waals surface area contributed by atoms with Gasteiger partial charge in [-0.1, -0.05) is 22.9 Å². The van der Waals surface area contributed by atoms with Crippen LogP contribution in [0, 0.1) is 11.3 Å². The Balaban J connectivity index is 2.38. The Morgan fingerprint density at radius 2 is 2.50 bits per heavy atom. The minimum absolute atomic E-state index is 0.357. The molecule has 1 nitrogen and oxygen atoms in total. The first-order valence-electron chi connectivity index (χ1n) is 3.55. The molecule has 0 aromatic carbocycles. The van der Waals surface area contributed by atoms with Crippen molar-refractivity contribution in [3.63, 3.8) is 0 Å². The van der Waals surface area contributed by atoms with E-state index in [4.69, 9.17) is 0 Å². The predicted octanol–water partition coefficient (Wildman–Crippen LogP) is 2.26. The van der Waals surface area contributed by atoms with Crippen LogP contribution in [0.4, 0.5) is 0 Å². The predicted molar refractivity (Wildman–Crippen MR) is 42.8 cm³/mol. The molecule has 0 radical (unpaired) electrons.